The first-order chi connectivity index (χ1) is 18.9. The molecule has 0 bridgehead atoms. The lowest BCUT2D eigenvalue weighted by Crippen LogP contribution is -2.15. The summed E-state index contributed by atoms with van der Waals surface area (Å²) in [5.41, 5.74) is 1.59. The lowest BCUT2D eigenvalue weighted by atomic mass is 10.2. The van der Waals surface area contributed by atoms with E-state index in [0.717, 1.165) is 9.79 Å². The smallest absolute Gasteiger partial charge is 0.255 e. The number of para-hydroxylation sites is 2. The van der Waals surface area contributed by atoms with Crippen molar-refractivity contribution in [1.82, 2.24) is 0 Å². The highest BCUT2D eigenvalue weighted by molar-refractivity contribution is 8.76. The summed E-state index contributed by atoms with van der Waals surface area (Å²) in [4.78, 5) is 26.9. The molecule has 0 spiro atoms. The second-order valence-corrected chi connectivity index (χ2v) is 13.5. The number of amides is 2. The van der Waals surface area contributed by atoms with Gasteiger partial charge in [-0.25, -0.2) is 27.1 Å². The number of carbonyl (C=O) groups is 2. The van der Waals surface area contributed by atoms with E-state index in [2.05, 4.69) is 10.6 Å². The van der Waals surface area contributed by atoms with Crippen molar-refractivity contribution in [1.29, 1.82) is 0 Å². The summed E-state index contributed by atoms with van der Waals surface area (Å²) in [6, 6.07) is 24.9. The van der Waals surface area contributed by atoms with E-state index in [1.807, 2.05) is 24.3 Å². The van der Waals surface area contributed by atoms with Gasteiger partial charge in [0, 0.05) is 20.9 Å². The molecule has 14 heteroatoms. The van der Waals surface area contributed by atoms with Gasteiger partial charge in [0.15, 0.2) is 0 Å². The van der Waals surface area contributed by atoms with E-state index < -0.39 is 31.9 Å². The van der Waals surface area contributed by atoms with Gasteiger partial charge in [0.2, 0.25) is 20.0 Å². The molecule has 0 aliphatic carbocycles. The van der Waals surface area contributed by atoms with Crippen LogP contribution in [0.5, 0.6) is 0 Å². The van der Waals surface area contributed by atoms with Crippen LogP contribution in [0.3, 0.4) is 0 Å². The van der Waals surface area contributed by atoms with Crippen LogP contribution in [0.2, 0.25) is 0 Å². The minimum Gasteiger partial charge on any atom is -0.321 e. The second kappa shape index (κ2) is 12.2. The number of benzene rings is 4. The topological polar surface area (TPSA) is 179 Å². The summed E-state index contributed by atoms with van der Waals surface area (Å²) in [5, 5.41) is 15.9. The largest absolute Gasteiger partial charge is 0.321 e. The molecule has 6 N–H and O–H groups in total. The molecule has 0 unspecified atom stereocenters. The van der Waals surface area contributed by atoms with Gasteiger partial charge in [-0.1, -0.05) is 45.9 Å². The summed E-state index contributed by atoms with van der Waals surface area (Å²) in [6.45, 7) is 0. The Morgan fingerprint density at radius 2 is 0.850 bits per heavy atom. The number of hydrogen-bond acceptors (Lipinski definition) is 8. The van der Waals surface area contributed by atoms with E-state index in [1.165, 1.54) is 70.1 Å². The fourth-order valence-corrected chi connectivity index (χ4v) is 6.66. The van der Waals surface area contributed by atoms with Gasteiger partial charge in [-0.3, -0.25) is 9.59 Å². The Morgan fingerprint density at radius 3 is 1.18 bits per heavy atom. The highest BCUT2D eigenvalue weighted by atomic mass is 33.1. The molecule has 4 rings (SSSR count). The Kier molecular flexibility index (Phi) is 8.98. The molecule has 4 aromatic carbocycles. The molecule has 0 saturated carbocycles. The molecule has 0 aliphatic rings. The molecule has 0 heterocycles. The molecule has 0 saturated heterocycles. The van der Waals surface area contributed by atoms with E-state index >= 15 is 0 Å². The SMILES string of the molecule is NS(=O)(=O)c1ccc(C(=O)Nc2ccccc2SSc2ccccc2NC(=O)c2ccc(S(N)(=O)=O)cc2)cc1. The van der Waals surface area contributed by atoms with Crippen molar-refractivity contribution < 1.29 is 26.4 Å². The number of carbonyl (C=O) groups excluding carboxylic acids is 2. The molecule has 206 valence electrons. The average Bonchev–Trinajstić information content (AvgIpc) is 2.92. The zero-order valence-corrected chi connectivity index (χ0v) is 23.7. The number of nitrogens with two attached hydrogens (primary N) is 2. The Labute approximate surface area is 239 Å². The minimum atomic E-state index is -3.87. The lowest BCUT2D eigenvalue weighted by molar-refractivity contribution is 0.101. The Morgan fingerprint density at radius 1 is 0.525 bits per heavy atom. The van der Waals surface area contributed by atoms with Crippen molar-refractivity contribution in [2.24, 2.45) is 10.3 Å². The van der Waals surface area contributed by atoms with Crippen LogP contribution in [0.15, 0.2) is 117 Å². The zero-order chi connectivity index (χ0) is 28.9. The molecule has 2 amide bonds. The van der Waals surface area contributed by atoms with E-state index in [-0.39, 0.29) is 20.9 Å². The first-order valence-electron chi connectivity index (χ1n) is 11.3. The van der Waals surface area contributed by atoms with E-state index in [9.17, 15) is 26.4 Å². The predicted molar refractivity (Wildman–Crippen MR) is 156 cm³/mol. The molecule has 10 nitrogen and oxygen atoms in total. The van der Waals surface area contributed by atoms with Crippen LogP contribution in [0.1, 0.15) is 20.7 Å². The maximum absolute atomic E-state index is 12.8. The molecule has 0 aromatic heterocycles. The van der Waals surface area contributed by atoms with E-state index in [4.69, 9.17) is 10.3 Å². The first-order valence-corrected chi connectivity index (χ1v) is 16.6. The molecular weight excluding hydrogens is 593 g/mol. The molecular formula is C26H22N4O6S4. The predicted octanol–water partition coefficient (Wildman–Crippen LogP) is 4.29. The van der Waals surface area contributed by atoms with Gasteiger partial charge in [-0.2, -0.15) is 0 Å². The van der Waals surface area contributed by atoms with Crippen molar-refractivity contribution >= 4 is 64.8 Å². The van der Waals surface area contributed by atoms with Gasteiger partial charge >= 0.3 is 0 Å². The van der Waals surface area contributed by atoms with Crippen LogP contribution in [0, 0.1) is 0 Å². The minimum absolute atomic E-state index is 0.0947. The molecule has 40 heavy (non-hydrogen) atoms. The highest BCUT2D eigenvalue weighted by Gasteiger charge is 2.15. The standard InChI is InChI=1S/C26H22N4O6S4/c27-39(33,34)19-13-9-17(10-14-19)25(31)29-21-5-1-3-7-23(21)37-38-24-8-4-2-6-22(24)30-26(32)18-11-15-20(16-12-18)40(28,35)36/h1-16H,(H,29,31)(H,30,32)(H2,27,33,34)(H2,28,35,36). The summed E-state index contributed by atoms with van der Waals surface area (Å²) in [6.07, 6.45) is 0. The number of hydrogen-bond donors (Lipinski definition) is 4. The van der Waals surface area contributed by atoms with E-state index in [1.54, 1.807) is 24.3 Å². The molecule has 0 aliphatic heterocycles. The molecule has 0 radical (unpaired) electrons. The summed E-state index contributed by atoms with van der Waals surface area (Å²) >= 11 is 0. The van der Waals surface area contributed by atoms with E-state index in [0.29, 0.717) is 11.4 Å². The third kappa shape index (κ3) is 7.50. The first kappa shape index (κ1) is 29.3. The fourth-order valence-electron chi connectivity index (χ4n) is 3.36. The Hall–Kier alpha value is -3.66. The third-order valence-corrected chi connectivity index (χ3v) is 9.72. The van der Waals surface area contributed by atoms with Crippen molar-refractivity contribution in [2.45, 2.75) is 19.6 Å². The number of primary sulfonamides is 2. The number of nitrogens with one attached hydrogen (secondary N) is 2. The highest BCUT2D eigenvalue weighted by Crippen LogP contribution is 2.43. The van der Waals surface area contributed by atoms with Gasteiger partial charge in [-0.05, 0) is 72.8 Å². The van der Waals surface area contributed by atoms with Crippen molar-refractivity contribution in [2.75, 3.05) is 10.6 Å². The van der Waals surface area contributed by atoms with Crippen LogP contribution >= 0.6 is 21.6 Å². The average molecular weight is 615 g/mol. The normalized spacial score (nSPS) is 11.6. The molecule has 4 aromatic rings. The van der Waals surface area contributed by atoms with Gasteiger partial charge < -0.3 is 10.6 Å². The van der Waals surface area contributed by atoms with Gasteiger partial charge in [0.1, 0.15) is 0 Å². The Bertz CT molecular complexity index is 1640. The van der Waals surface area contributed by atoms with Crippen LogP contribution < -0.4 is 20.9 Å². The lowest BCUT2D eigenvalue weighted by Gasteiger charge is -2.13. The number of rotatable bonds is 9. The fraction of sp³-hybridized carbons (Fsp3) is 0. The third-order valence-electron chi connectivity index (χ3n) is 5.38. The van der Waals surface area contributed by atoms with Crippen LogP contribution in [0.25, 0.3) is 0 Å². The van der Waals surface area contributed by atoms with Crippen molar-refractivity contribution in [3.05, 3.63) is 108 Å². The second-order valence-electron chi connectivity index (χ2n) is 8.21. The maximum Gasteiger partial charge on any atom is 0.255 e. The summed E-state index contributed by atoms with van der Waals surface area (Å²) in [7, 11) is -5.02. The quantitative estimate of drug-likeness (QED) is 0.202. The van der Waals surface area contributed by atoms with Crippen molar-refractivity contribution in [3.63, 3.8) is 0 Å². The maximum atomic E-state index is 12.8. The van der Waals surface area contributed by atoms with Gasteiger partial charge in [0.05, 0.1) is 21.2 Å². The van der Waals surface area contributed by atoms with Gasteiger partial charge in [0.25, 0.3) is 11.8 Å². The van der Waals surface area contributed by atoms with Crippen LogP contribution in [-0.4, -0.2) is 28.6 Å². The van der Waals surface area contributed by atoms with Gasteiger partial charge in [-0.15, -0.1) is 0 Å². The molecule has 0 fully saturated rings. The number of anilines is 2. The van der Waals surface area contributed by atoms with Crippen LogP contribution in [0.4, 0.5) is 11.4 Å². The Balaban J connectivity index is 1.45. The molecule has 0 atom stereocenters. The van der Waals surface area contributed by atoms with Crippen molar-refractivity contribution in [3.8, 4) is 0 Å². The number of sulfonamides is 2. The zero-order valence-electron chi connectivity index (χ0n) is 20.5. The summed E-state index contributed by atoms with van der Waals surface area (Å²) < 4.78 is 45.9. The van der Waals surface area contributed by atoms with Crippen LogP contribution in [-0.2, 0) is 20.0 Å². The summed E-state index contributed by atoms with van der Waals surface area (Å²) in [5.74, 6) is -0.861. The monoisotopic (exact) mass is 614 g/mol.